The van der Waals surface area contributed by atoms with Crippen LogP contribution in [0.4, 0.5) is 4.39 Å². The maximum Gasteiger partial charge on any atom is 0.233 e. The summed E-state index contributed by atoms with van der Waals surface area (Å²) in [6, 6.07) is 16.1. The fraction of sp³-hybridized carbons (Fsp3) is 0.222. The summed E-state index contributed by atoms with van der Waals surface area (Å²) in [6.07, 6.45) is 0.386. The largest absolute Gasteiger partial charge is 0.289 e. The van der Waals surface area contributed by atoms with Crippen molar-refractivity contribution >= 4 is 22.8 Å². The molecule has 3 rings (SSSR count). The molecule has 1 aliphatic heterocycles. The smallest absolute Gasteiger partial charge is 0.233 e. The minimum atomic E-state index is -0.239. The van der Waals surface area contributed by atoms with E-state index in [2.05, 4.69) is 4.99 Å². The monoisotopic (exact) mass is 328 g/mol. The number of amides is 1. The number of halogens is 1. The molecule has 23 heavy (non-hydrogen) atoms. The first-order valence-electron chi connectivity index (χ1n) is 7.48. The van der Waals surface area contributed by atoms with Crippen LogP contribution in [0.3, 0.4) is 0 Å². The molecule has 118 valence electrons. The molecular weight excluding hydrogens is 311 g/mol. The van der Waals surface area contributed by atoms with Crippen molar-refractivity contribution in [2.45, 2.75) is 12.2 Å². The Kier molecular flexibility index (Phi) is 5.08. The predicted octanol–water partition coefficient (Wildman–Crippen LogP) is 3.50. The zero-order valence-corrected chi connectivity index (χ0v) is 13.4. The first-order chi connectivity index (χ1) is 11.2. The highest BCUT2D eigenvalue weighted by Gasteiger charge is 2.23. The molecule has 5 heteroatoms. The van der Waals surface area contributed by atoms with E-state index >= 15 is 0 Å². The van der Waals surface area contributed by atoms with Crippen molar-refractivity contribution < 1.29 is 9.18 Å². The van der Waals surface area contributed by atoms with Gasteiger partial charge in [0.25, 0.3) is 0 Å². The van der Waals surface area contributed by atoms with Gasteiger partial charge in [-0.05, 0) is 23.3 Å². The highest BCUT2D eigenvalue weighted by atomic mass is 32.2. The predicted molar refractivity (Wildman–Crippen MR) is 91.9 cm³/mol. The Hall–Kier alpha value is -2.14. The van der Waals surface area contributed by atoms with Crippen molar-refractivity contribution in [3.05, 3.63) is 71.5 Å². The maximum atomic E-state index is 12.9. The molecule has 1 amide bonds. The average Bonchev–Trinajstić information content (AvgIpc) is 3.04. The van der Waals surface area contributed by atoms with Gasteiger partial charge >= 0.3 is 0 Å². The van der Waals surface area contributed by atoms with Gasteiger partial charge in [0.15, 0.2) is 5.17 Å². The van der Waals surface area contributed by atoms with E-state index in [1.807, 2.05) is 30.3 Å². The number of carbonyl (C=O) groups excluding carboxylic acids is 1. The molecule has 0 bridgehead atoms. The molecule has 1 heterocycles. The van der Waals surface area contributed by atoms with Crippen LogP contribution >= 0.6 is 11.8 Å². The maximum absolute atomic E-state index is 12.9. The Morgan fingerprint density at radius 2 is 1.83 bits per heavy atom. The lowest BCUT2D eigenvalue weighted by atomic mass is 10.1. The van der Waals surface area contributed by atoms with Crippen molar-refractivity contribution in [2.75, 3.05) is 13.1 Å². The van der Waals surface area contributed by atoms with Crippen molar-refractivity contribution in [2.24, 2.45) is 4.99 Å². The molecule has 2 aromatic rings. The van der Waals surface area contributed by atoms with Gasteiger partial charge in [-0.3, -0.25) is 14.7 Å². The van der Waals surface area contributed by atoms with Crippen molar-refractivity contribution in [1.82, 2.24) is 4.90 Å². The standard InChI is InChI=1S/C18H17FN2OS/c19-16-8-6-15(7-9-16)13-23-18-20-10-11-21(18)17(22)12-14-4-2-1-3-5-14/h1-9H,10-13H2. The number of carbonyl (C=O) groups is 1. The summed E-state index contributed by atoms with van der Waals surface area (Å²) in [7, 11) is 0. The molecular formula is C18H17FN2OS. The summed E-state index contributed by atoms with van der Waals surface area (Å²) in [6.45, 7) is 1.28. The number of aliphatic imine (C=N–C) groups is 1. The van der Waals surface area contributed by atoms with Crippen LogP contribution in [0.2, 0.25) is 0 Å². The van der Waals surface area contributed by atoms with Gasteiger partial charge in [-0.15, -0.1) is 0 Å². The van der Waals surface area contributed by atoms with E-state index in [0.29, 0.717) is 25.3 Å². The molecule has 0 fully saturated rings. The summed E-state index contributed by atoms with van der Waals surface area (Å²) in [4.78, 5) is 18.6. The van der Waals surface area contributed by atoms with Crippen molar-refractivity contribution in [3.8, 4) is 0 Å². The van der Waals surface area contributed by atoms with Crippen LogP contribution in [0.15, 0.2) is 59.6 Å². The van der Waals surface area contributed by atoms with Gasteiger partial charge < -0.3 is 0 Å². The topological polar surface area (TPSA) is 32.7 Å². The third-order valence-corrected chi connectivity index (χ3v) is 4.67. The first kappa shape index (κ1) is 15.7. The zero-order valence-electron chi connectivity index (χ0n) is 12.6. The number of hydrogen-bond acceptors (Lipinski definition) is 3. The highest BCUT2D eigenvalue weighted by molar-refractivity contribution is 8.13. The molecule has 0 saturated heterocycles. The van der Waals surface area contributed by atoms with Crippen molar-refractivity contribution in [3.63, 3.8) is 0 Å². The summed E-state index contributed by atoms with van der Waals surface area (Å²) >= 11 is 1.52. The van der Waals surface area contributed by atoms with Crippen LogP contribution in [0, 0.1) is 5.82 Å². The first-order valence-corrected chi connectivity index (χ1v) is 8.47. The summed E-state index contributed by atoms with van der Waals surface area (Å²) < 4.78 is 12.9. The Labute approximate surface area is 139 Å². The number of amidine groups is 1. The van der Waals surface area contributed by atoms with E-state index in [0.717, 1.165) is 16.3 Å². The van der Waals surface area contributed by atoms with E-state index in [-0.39, 0.29) is 11.7 Å². The Morgan fingerprint density at radius 3 is 2.57 bits per heavy atom. The van der Waals surface area contributed by atoms with Crippen molar-refractivity contribution in [1.29, 1.82) is 0 Å². The summed E-state index contributed by atoms with van der Waals surface area (Å²) in [5.41, 5.74) is 2.02. The van der Waals surface area contributed by atoms with Gasteiger partial charge in [0.2, 0.25) is 5.91 Å². The Balaban J connectivity index is 1.59. The Morgan fingerprint density at radius 1 is 1.09 bits per heavy atom. The molecule has 2 aromatic carbocycles. The minimum absolute atomic E-state index is 0.0686. The third-order valence-electron chi connectivity index (χ3n) is 3.58. The molecule has 0 N–H and O–H groups in total. The van der Waals surface area contributed by atoms with E-state index in [4.69, 9.17) is 0 Å². The minimum Gasteiger partial charge on any atom is -0.289 e. The van der Waals surface area contributed by atoms with Gasteiger partial charge in [-0.2, -0.15) is 0 Å². The van der Waals surface area contributed by atoms with Crippen LogP contribution in [-0.2, 0) is 17.0 Å². The number of thioether (sulfide) groups is 1. The molecule has 0 aromatic heterocycles. The fourth-order valence-corrected chi connectivity index (χ4v) is 3.40. The van der Waals surface area contributed by atoms with Crippen LogP contribution in [-0.4, -0.2) is 29.1 Å². The molecule has 1 aliphatic rings. The SMILES string of the molecule is O=C(Cc1ccccc1)N1CCN=C1SCc1ccc(F)cc1. The second-order valence-electron chi connectivity index (χ2n) is 5.29. The van der Waals surface area contributed by atoms with E-state index in [1.54, 1.807) is 17.0 Å². The van der Waals surface area contributed by atoms with Crippen LogP contribution in [0.25, 0.3) is 0 Å². The lowest BCUT2D eigenvalue weighted by molar-refractivity contribution is -0.126. The van der Waals surface area contributed by atoms with Gasteiger partial charge in [0.05, 0.1) is 13.0 Å². The van der Waals surface area contributed by atoms with Gasteiger partial charge in [-0.1, -0.05) is 54.2 Å². The van der Waals surface area contributed by atoms with E-state index in [1.165, 1.54) is 23.9 Å². The summed E-state index contributed by atoms with van der Waals surface area (Å²) in [5, 5.41) is 0.759. The highest BCUT2D eigenvalue weighted by Crippen LogP contribution is 2.20. The van der Waals surface area contributed by atoms with E-state index in [9.17, 15) is 9.18 Å². The number of hydrogen-bond donors (Lipinski definition) is 0. The fourth-order valence-electron chi connectivity index (χ4n) is 2.38. The van der Waals surface area contributed by atoms with Gasteiger partial charge in [0, 0.05) is 12.3 Å². The normalized spacial score (nSPS) is 14.0. The van der Waals surface area contributed by atoms with Crippen LogP contribution in [0.1, 0.15) is 11.1 Å². The van der Waals surface area contributed by atoms with Gasteiger partial charge in [0.1, 0.15) is 5.82 Å². The second kappa shape index (κ2) is 7.42. The average molecular weight is 328 g/mol. The third kappa shape index (κ3) is 4.20. The molecule has 0 radical (unpaired) electrons. The second-order valence-corrected chi connectivity index (χ2v) is 6.23. The van der Waals surface area contributed by atoms with Crippen LogP contribution < -0.4 is 0 Å². The summed E-state index contributed by atoms with van der Waals surface area (Å²) in [5.74, 6) is 0.504. The van der Waals surface area contributed by atoms with Gasteiger partial charge in [-0.25, -0.2) is 4.39 Å². The molecule has 0 saturated carbocycles. The number of nitrogens with zero attached hydrogens (tertiary/aromatic N) is 2. The van der Waals surface area contributed by atoms with E-state index < -0.39 is 0 Å². The zero-order chi connectivity index (χ0) is 16.1. The lowest BCUT2D eigenvalue weighted by Crippen LogP contribution is -2.34. The molecule has 0 spiro atoms. The quantitative estimate of drug-likeness (QED) is 0.860. The number of benzene rings is 2. The molecule has 0 aliphatic carbocycles. The number of rotatable bonds is 4. The lowest BCUT2D eigenvalue weighted by Gasteiger charge is -2.18. The molecule has 3 nitrogen and oxygen atoms in total. The Bertz CT molecular complexity index is 701. The molecule has 0 unspecified atom stereocenters. The van der Waals surface area contributed by atoms with Crippen LogP contribution in [0.5, 0.6) is 0 Å². The molecule has 0 atom stereocenters.